The lowest BCUT2D eigenvalue weighted by molar-refractivity contribution is 0.163. The predicted octanol–water partition coefficient (Wildman–Crippen LogP) is 2.99. The Bertz CT molecular complexity index is 488. The van der Waals surface area contributed by atoms with Gasteiger partial charge in [0.05, 0.1) is 0 Å². The number of fused-ring (bicyclic) bond motifs is 2. The van der Waals surface area contributed by atoms with Crippen molar-refractivity contribution in [3.63, 3.8) is 0 Å². The van der Waals surface area contributed by atoms with Gasteiger partial charge in [-0.05, 0) is 68.5 Å². The summed E-state index contributed by atoms with van der Waals surface area (Å²) in [7, 11) is 0. The Morgan fingerprint density at radius 1 is 1.26 bits per heavy atom. The predicted molar refractivity (Wildman–Crippen MR) is 75.0 cm³/mol. The Hall–Kier alpha value is -1.09. The van der Waals surface area contributed by atoms with E-state index in [1.807, 2.05) is 6.07 Å². The standard InChI is InChI=1S/C16H21FN2/c17-13-3-4-15-14(9-13)16(11-18-15)5-7-19(8-6-16)10-12-1-2-12/h3-4,9,12,18H,1-2,5-8,10-11H2. The number of hydrogen-bond acceptors (Lipinski definition) is 2. The van der Waals surface area contributed by atoms with Crippen LogP contribution in [0.2, 0.25) is 0 Å². The third-order valence-corrected chi connectivity index (χ3v) is 5.20. The molecule has 0 aromatic heterocycles. The minimum Gasteiger partial charge on any atom is -0.384 e. The van der Waals surface area contributed by atoms with Gasteiger partial charge in [0.25, 0.3) is 0 Å². The number of hydrogen-bond donors (Lipinski definition) is 1. The van der Waals surface area contributed by atoms with Crippen LogP contribution in [0.5, 0.6) is 0 Å². The van der Waals surface area contributed by atoms with Gasteiger partial charge in [0.15, 0.2) is 0 Å². The number of halogens is 1. The molecule has 1 aliphatic carbocycles. The van der Waals surface area contributed by atoms with E-state index in [1.165, 1.54) is 50.9 Å². The lowest BCUT2D eigenvalue weighted by Gasteiger charge is -2.39. The van der Waals surface area contributed by atoms with E-state index in [0.717, 1.165) is 18.2 Å². The van der Waals surface area contributed by atoms with Gasteiger partial charge in [-0.2, -0.15) is 0 Å². The van der Waals surface area contributed by atoms with E-state index in [9.17, 15) is 4.39 Å². The average Bonchev–Trinajstić information content (AvgIpc) is 3.17. The van der Waals surface area contributed by atoms with Crippen LogP contribution in [0.3, 0.4) is 0 Å². The molecule has 102 valence electrons. The van der Waals surface area contributed by atoms with Crippen molar-refractivity contribution >= 4 is 5.69 Å². The lowest BCUT2D eigenvalue weighted by Crippen LogP contribution is -2.44. The summed E-state index contributed by atoms with van der Waals surface area (Å²) >= 11 is 0. The van der Waals surface area contributed by atoms with Gasteiger partial charge in [-0.15, -0.1) is 0 Å². The lowest BCUT2D eigenvalue weighted by atomic mass is 9.74. The van der Waals surface area contributed by atoms with Crippen molar-refractivity contribution in [2.24, 2.45) is 5.92 Å². The van der Waals surface area contributed by atoms with E-state index in [1.54, 1.807) is 12.1 Å². The molecule has 1 spiro atoms. The molecule has 19 heavy (non-hydrogen) atoms. The summed E-state index contributed by atoms with van der Waals surface area (Å²) in [4.78, 5) is 2.61. The zero-order valence-electron chi connectivity index (χ0n) is 11.3. The van der Waals surface area contributed by atoms with Gasteiger partial charge in [-0.3, -0.25) is 0 Å². The monoisotopic (exact) mass is 260 g/mol. The maximum Gasteiger partial charge on any atom is 0.123 e. The molecule has 0 atom stereocenters. The highest BCUT2D eigenvalue weighted by atomic mass is 19.1. The van der Waals surface area contributed by atoms with Crippen molar-refractivity contribution < 1.29 is 4.39 Å². The number of nitrogens with zero attached hydrogens (tertiary/aromatic N) is 1. The smallest absolute Gasteiger partial charge is 0.123 e. The molecule has 4 rings (SSSR count). The molecular weight excluding hydrogens is 239 g/mol. The summed E-state index contributed by atoms with van der Waals surface area (Å²) in [6, 6.07) is 5.22. The maximum atomic E-state index is 13.5. The molecular formula is C16H21FN2. The second-order valence-corrected chi connectivity index (χ2v) is 6.57. The first-order valence-electron chi connectivity index (χ1n) is 7.51. The Balaban J connectivity index is 1.52. The topological polar surface area (TPSA) is 15.3 Å². The highest BCUT2D eigenvalue weighted by Crippen LogP contribution is 2.44. The fourth-order valence-corrected chi connectivity index (χ4v) is 3.74. The number of benzene rings is 1. The summed E-state index contributed by atoms with van der Waals surface area (Å²) in [5, 5.41) is 3.47. The first-order valence-corrected chi connectivity index (χ1v) is 7.51. The first kappa shape index (κ1) is 11.7. The van der Waals surface area contributed by atoms with Gasteiger partial charge in [-0.1, -0.05) is 0 Å². The molecule has 2 heterocycles. The van der Waals surface area contributed by atoms with Crippen LogP contribution < -0.4 is 5.32 Å². The minimum atomic E-state index is -0.0952. The van der Waals surface area contributed by atoms with Crippen molar-refractivity contribution in [3.8, 4) is 0 Å². The molecule has 0 amide bonds. The van der Waals surface area contributed by atoms with Gasteiger partial charge >= 0.3 is 0 Å². The van der Waals surface area contributed by atoms with E-state index < -0.39 is 0 Å². The van der Waals surface area contributed by atoms with Gasteiger partial charge < -0.3 is 10.2 Å². The number of nitrogens with one attached hydrogen (secondary N) is 1. The third-order valence-electron chi connectivity index (χ3n) is 5.20. The van der Waals surface area contributed by atoms with Crippen molar-refractivity contribution in [2.45, 2.75) is 31.1 Å². The molecule has 1 saturated carbocycles. The molecule has 2 aliphatic heterocycles. The number of anilines is 1. The molecule has 0 bridgehead atoms. The van der Waals surface area contributed by atoms with Crippen LogP contribution in [0.4, 0.5) is 10.1 Å². The van der Waals surface area contributed by atoms with Gasteiger partial charge in [-0.25, -0.2) is 4.39 Å². The molecule has 1 N–H and O–H groups in total. The normalized spacial score (nSPS) is 25.3. The molecule has 2 fully saturated rings. The van der Waals surface area contributed by atoms with Gasteiger partial charge in [0, 0.05) is 24.2 Å². The molecule has 3 heteroatoms. The van der Waals surface area contributed by atoms with E-state index >= 15 is 0 Å². The maximum absolute atomic E-state index is 13.5. The molecule has 3 aliphatic rings. The van der Waals surface area contributed by atoms with E-state index in [2.05, 4.69) is 10.2 Å². The van der Waals surface area contributed by atoms with Gasteiger partial charge in [0.1, 0.15) is 5.82 Å². The van der Waals surface area contributed by atoms with Crippen LogP contribution in [-0.4, -0.2) is 31.1 Å². The SMILES string of the molecule is Fc1ccc2c(c1)C1(CCN(CC3CC3)CC1)CN2. The molecule has 1 aromatic carbocycles. The second kappa shape index (κ2) is 4.20. The van der Waals surface area contributed by atoms with Crippen molar-refractivity contribution in [1.29, 1.82) is 0 Å². The second-order valence-electron chi connectivity index (χ2n) is 6.57. The van der Waals surface area contributed by atoms with Crippen LogP contribution in [0.15, 0.2) is 18.2 Å². The minimum absolute atomic E-state index is 0.0952. The number of likely N-dealkylation sites (tertiary alicyclic amines) is 1. The highest BCUT2D eigenvalue weighted by Gasteiger charge is 2.42. The van der Waals surface area contributed by atoms with Crippen molar-refractivity contribution in [3.05, 3.63) is 29.6 Å². The molecule has 0 radical (unpaired) electrons. The fourth-order valence-electron chi connectivity index (χ4n) is 3.74. The zero-order valence-corrected chi connectivity index (χ0v) is 11.3. The first-order chi connectivity index (χ1) is 9.25. The quantitative estimate of drug-likeness (QED) is 0.879. The zero-order chi connectivity index (χ0) is 12.9. The van der Waals surface area contributed by atoms with Crippen molar-refractivity contribution in [1.82, 2.24) is 4.90 Å². The highest BCUT2D eigenvalue weighted by molar-refractivity contribution is 5.60. The number of rotatable bonds is 2. The number of piperidine rings is 1. The molecule has 0 unspecified atom stereocenters. The molecule has 1 saturated heterocycles. The van der Waals surface area contributed by atoms with E-state index in [-0.39, 0.29) is 11.2 Å². The van der Waals surface area contributed by atoms with Crippen molar-refractivity contribution in [2.75, 3.05) is 31.5 Å². The van der Waals surface area contributed by atoms with Crippen LogP contribution in [0, 0.1) is 11.7 Å². The average molecular weight is 260 g/mol. The Morgan fingerprint density at radius 3 is 2.79 bits per heavy atom. The fraction of sp³-hybridized carbons (Fsp3) is 0.625. The van der Waals surface area contributed by atoms with Crippen LogP contribution in [0.25, 0.3) is 0 Å². The van der Waals surface area contributed by atoms with Crippen LogP contribution in [0.1, 0.15) is 31.2 Å². The summed E-state index contributed by atoms with van der Waals surface area (Å²) in [6.07, 6.45) is 5.20. The Kier molecular flexibility index (Phi) is 2.59. The summed E-state index contributed by atoms with van der Waals surface area (Å²) < 4.78 is 13.5. The summed E-state index contributed by atoms with van der Waals surface area (Å²) in [6.45, 7) is 4.63. The van der Waals surface area contributed by atoms with Crippen LogP contribution in [-0.2, 0) is 5.41 Å². The van der Waals surface area contributed by atoms with Crippen LogP contribution >= 0.6 is 0 Å². The van der Waals surface area contributed by atoms with E-state index in [4.69, 9.17) is 0 Å². The Labute approximate surface area is 114 Å². The van der Waals surface area contributed by atoms with E-state index in [0.29, 0.717) is 0 Å². The Morgan fingerprint density at radius 2 is 2.05 bits per heavy atom. The molecule has 1 aromatic rings. The largest absolute Gasteiger partial charge is 0.384 e. The summed E-state index contributed by atoms with van der Waals surface area (Å²) in [5.41, 5.74) is 2.56. The molecule has 2 nitrogen and oxygen atoms in total. The van der Waals surface area contributed by atoms with Gasteiger partial charge in [0.2, 0.25) is 0 Å². The summed E-state index contributed by atoms with van der Waals surface area (Å²) in [5.74, 6) is 0.878. The third kappa shape index (κ3) is 2.04.